The van der Waals surface area contributed by atoms with Gasteiger partial charge in [0, 0.05) is 12.2 Å². The number of hydrogen-bond donors (Lipinski definition) is 0. The molecule has 0 fully saturated rings. The minimum absolute atomic E-state index is 0.281. The summed E-state index contributed by atoms with van der Waals surface area (Å²) in [5.41, 5.74) is 0. The van der Waals surface area contributed by atoms with Crippen LogP contribution in [0.1, 0.15) is 144 Å². The molecule has 0 saturated carbocycles. The maximum Gasteiger partial charge on any atom is 0.338 e. The van der Waals surface area contributed by atoms with Gasteiger partial charge in [-0.2, -0.15) is 0 Å². The summed E-state index contributed by atoms with van der Waals surface area (Å²) in [7, 11) is -2.08. The Labute approximate surface area is 186 Å². The van der Waals surface area contributed by atoms with Gasteiger partial charge in [0.25, 0.3) is 0 Å². The zero-order chi connectivity index (χ0) is 21.8. The molecule has 0 unspecified atom stereocenters. The van der Waals surface area contributed by atoms with Crippen LogP contribution < -0.4 is 0 Å². The fourth-order valence-corrected chi connectivity index (χ4v) is 8.38. The van der Waals surface area contributed by atoms with Crippen LogP contribution in [0, 0.1) is 0 Å². The summed E-state index contributed by atoms with van der Waals surface area (Å²) in [6, 6.07) is 2.38. The van der Waals surface area contributed by atoms with Gasteiger partial charge in [-0.15, -0.1) is 0 Å². The normalized spacial score (nSPS) is 12.4. The largest absolute Gasteiger partial charge is 0.392 e. The molecule has 0 radical (unpaired) electrons. The molecule has 0 aliphatic rings. The summed E-state index contributed by atoms with van der Waals surface area (Å²) in [5.74, 6) is 0. The van der Waals surface area contributed by atoms with Crippen molar-refractivity contribution in [2.45, 2.75) is 169 Å². The van der Waals surface area contributed by atoms with E-state index in [4.69, 9.17) is 8.85 Å². The van der Waals surface area contributed by atoms with Crippen LogP contribution >= 0.6 is 0 Å². The van der Waals surface area contributed by atoms with E-state index >= 15 is 0 Å². The summed E-state index contributed by atoms with van der Waals surface area (Å²) < 4.78 is 13.2. The highest BCUT2D eigenvalue weighted by molar-refractivity contribution is 6.67. The molecular weight excluding hydrogens is 372 g/mol. The lowest BCUT2D eigenvalue weighted by molar-refractivity contribution is 0.103. The Bertz CT molecular complexity index is 299. The standard InChI is InChI=1S/C26H56O2Si/c1-7-9-11-13-15-17-19-21-23-29(27-25(3)4,28-26(5)6)24-22-20-18-16-14-12-10-8-2/h25-26H,7-24H2,1-6H3. The molecule has 0 N–H and O–H groups in total. The summed E-state index contributed by atoms with van der Waals surface area (Å²) >= 11 is 0. The van der Waals surface area contributed by atoms with Crippen molar-refractivity contribution in [3.63, 3.8) is 0 Å². The molecule has 0 aromatic rings. The van der Waals surface area contributed by atoms with Crippen molar-refractivity contribution in [3.05, 3.63) is 0 Å². The Balaban J connectivity index is 4.33. The summed E-state index contributed by atoms with van der Waals surface area (Å²) in [6.45, 7) is 13.3. The molecule has 0 aliphatic heterocycles. The predicted octanol–water partition coefficient (Wildman–Crippen LogP) is 9.56. The number of rotatable bonds is 22. The van der Waals surface area contributed by atoms with E-state index in [2.05, 4.69) is 41.5 Å². The van der Waals surface area contributed by atoms with Gasteiger partial charge in [-0.05, 0) is 39.8 Å². The second-order valence-corrected chi connectivity index (χ2v) is 13.0. The third kappa shape index (κ3) is 18.6. The Hall–Kier alpha value is 0.137. The first-order valence-corrected chi connectivity index (χ1v) is 15.5. The summed E-state index contributed by atoms with van der Waals surface area (Å²) in [4.78, 5) is 0. The zero-order valence-electron chi connectivity index (χ0n) is 21.2. The van der Waals surface area contributed by atoms with Crippen molar-refractivity contribution >= 4 is 8.56 Å². The van der Waals surface area contributed by atoms with Gasteiger partial charge < -0.3 is 8.85 Å². The number of unbranched alkanes of at least 4 members (excludes halogenated alkanes) is 14. The molecule has 3 heteroatoms. The SMILES string of the molecule is CCCCCCCCCC[Si](CCCCCCCCCC)(OC(C)C)OC(C)C. The van der Waals surface area contributed by atoms with Crippen LogP contribution in [0.2, 0.25) is 12.1 Å². The van der Waals surface area contributed by atoms with E-state index < -0.39 is 8.56 Å². The van der Waals surface area contributed by atoms with Crippen LogP contribution in [-0.4, -0.2) is 20.8 Å². The molecule has 0 heterocycles. The van der Waals surface area contributed by atoms with E-state index in [1.807, 2.05) is 0 Å². The van der Waals surface area contributed by atoms with Crippen molar-refractivity contribution in [1.29, 1.82) is 0 Å². The first kappa shape index (κ1) is 29.1. The maximum atomic E-state index is 6.58. The smallest absolute Gasteiger partial charge is 0.338 e. The zero-order valence-corrected chi connectivity index (χ0v) is 22.2. The van der Waals surface area contributed by atoms with Crippen LogP contribution in [0.15, 0.2) is 0 Å². The highest BCUT2D eigenvalue weighted by Crippen LogP contribution is 2.29. The summed E-state index contributed by atoms with van der Waals surface area (Å²) in [5, 5.41) is 0. The highest BCUT2D eigenvalue weighted by atomic mass is 28.4. The molecule has 2 nitrogen and oxygen atoms in total. The summed E-state index contributed by atoms with van der Waals surface area (Å²) in [6.07, 6.45) is 22.6. The first-order valence-electron chi connectivity index (χ1n) is 13.3. The van der Waals surface area contributed by atoms with Crippen LogP contribution in [0.5, 0.6) is 0 Å². The molecule has 176 valence electrons. The van der Waals surface area contributed by atoms with Crippen LogP contribution in [0.3, 0.4) is 0 Å². The predicted molar refractivity (Wildman–Crippen MR) is 133 cm³/mol. The third-order valence-electron chi connectivity index (χ3n) is 5.72. The fourth-order valence-electron chi connectivity index (χ4n) is 4.30. The molecule has 0 bridgehead atoms. The molecular formula is C26H56O2Si. The highest BCUT2D eigenvalue weighted by Gasteiger charge is 2.38. The lowest BCUT2D eigenvalue weighted by Gasteiger charge is -2.34. The van der Waals surface area contributed by atoms with Gasteiger partial charge in [0.2, 0.25) is 0 Å². The third-order valence-corrected chi connectivity index (χ3v) is 9.76. The Morgan fingerprint density at radius 3 is 1.00 bits per heavy atom. The second kappa shape index (κ2) is 20.1. The van der Waals surface area contributed by atoms with E-state index in [0.29, 0.717) is 0 Å². The van der Waals surface area contributed by atoms with Crippen molar-refractivity contribution in [2.75, 3.05) is 0 Å². The monoisotopic (exact) mass is 428 g/mol. The van der Waals surface area contributed by atoms with Crippen molar-refractivity contribution < 1.29 is 8.85 Å². The minimum atomic E-state index is -2.08. The molecule has 0 amide bonds. The fraction of sp³-hybridized carbons (Fsp3) is 1.00. The van der Waals surface area contributed by atoms with E-state index in [0.717, 1.165) is 0 Å². The Kier molecular flexibility index (Phi) is 20.2. The van der Waals surface area contributed by atoms with Crippen LogP contribution in [0.25, 0.3) is 0 Å². The Morgan fingerprint density at radius 2 is 0.724 bits per heavy atom. The molecule has 0 aliphatic carbocycles. The molecule has 29 heavy (non-hydrogen) atoms. The van der Waals surface area contributed by atoms with E-state index in [1.165, 1.54) is 115 Å². The second-order valence-electron chi connectivity index (χ2n) is 9.69. The van der Waals surface area contributed by atoms with Gasteiger partial charge in [0.15, 0.2) is 0 Å². The van der Waals surface area contributed by atoms with Crippen molar-refractivity contribution in [3.8, 4) is 0 Å². The van der Waals surface area contributed by atoms with E-state index in [1.54, 1.807) is 0 Å². The average Bonchev–Trinajstić information content (AvgIpc) is 2.65. The molecule has 0 atom stereocenters. The molecule has 0 rings (SSSR count). The van der Waals surface area contributed by atoms with Crippen LogP contribution in [0.4, 0.5) is 0 Å². The quantitative estimate of drug-likeness (QED) is 0.126. The van der Waals surface area contributed by atoms with Gasteiger partial charge in [-0.3, -0.25) is 0 Å². The molecule has 0 aromatic heterocycles. The van der Waals surface area contributed by atoms with E-state index in [-0.39, 0.29) is 12.2 Å². The van der Waals surface area contributed by atoms with Gasteiger partial charge in [-0.1, -0.05) is 117 Å². The van der Waals surface area contributed by atoms with Gasteiger partial charge >= 0.3 is 8.56 Å². The number of hydrogen-bond acceptors (Lipinski definition) is 2. The maximum absolute atomic E-state index is 6.58. The molecule has 0 aromatic carbocycles. The van der Waals surface area contributed by atoms with Crippen LogP contribution in [-0.2, 0) is 8.85 Å². The molecule has 0 saturated heterocycles. The van der Waals surface area contributed by atoms with Gasteiger partial charge in [-0.25, -0.2) is 0 Å². The first-order chi connectivity index (χ1) is 14.0. The van der Waals surface area contributed by atoms with Gasteiger partial charge in [0.05, 0.1) is 0 Å². The minimum Gasteiger partial charge on any atom is -0.392 e. The average molecular weight is 429 g/mol. The van der Waals surface area contributed by atoms with Crippen molar-refractivity contribution in [2.24, 2.45) is 0 Å². The lowest BCUT2D eigenvalue weighted by atomic mass is 10.1. The van der Waals surface area contributed by atoms with E-state index in [9.17, 15) is 0 Å². The Morgan fingerprint density at radius 1 is 0.448 bits per heavy atom. The lowest BCUT2D eigenvalue weighted by Crippen LogP contribution is -2.45. The van der Waals surface area contributed by atoms with Gasteiger partial charge in [0.1, 0.15) is 0 Å². The molecule has 0 spiro atoms. The topological polar surface area (TPSA) is 18.5 Å². The van der Waals surface area contributed by atoms with Crippen molar-refractivity contribution in [1.82, 2.24) is 0 Å².